The second-order valence-corrected chi connectivity index (χ2v) is 6.69. The molecule has 3 heteroatoms. The van der Waals surface area contributed by atoms with E-state index in [9.17, 15) is 4.79 Å². The van der Waals surface area contributed by atoms with Gasteiger partial charge in [-0.2, -0.15) is 0 Å². The third-order valence-electron chi connectivity index (χ3n) is 5.22. The van der Waals surface area contributed by atoms with E-state index in [0.29, 0.717) is 0 Å². The lowest BCUT2D eigenvalue weighted by molar-refractivity contribution is -0.144. The first-order valence-corrected chi connectivity index (χ1v) is 8.83. The van der Waals surface area contributed by atoms with E-state index in [1.165, 1.54) is 12.7 Å². The van der Waals surface area contributed by atoms with Crippen molar-refractivity contribution in [3.05, 3.63) is 41.5 Å². The average Bonchev–Trinajstić information content (AvgIpc) is 2.63. The predicted octanol–water partition coefficient (Wildman–Crippen LogP) is 4.51. The topological polar surface area (TPSA) is 35.5 Å². The van der Waals surface area contributed by atoms with Gasteiger partial charge >= 0.3 is 5.97 Å². The zero-order chi connectivity index (χ0) is 18.4. The Morgan fingerprint density at radius 2 is 2.16 bits per heavy atom. The minimum absolute atomic E-state index is 0.163. The van der Waals surface area contributed by atoms with Crippen LogP contribution in [0.5, 0.6) is 5.75 Å². The van der Waals surface area contributed by atoms with Crippen molar-refractivity contribution in [3.63, 3.8) is 0 Å². The van der Waals surface area contributed by atoms with Gasteiger partial charge in [0.25, 0.3) is 0 Å². The summed E-state index contributed by atoms with van der Waals surface area (Å²) in [6.07, 6.45) is 3.64. The van der Waals surface area contributed by atoms with Crippen LogP contribution in [0.3, 0.4) is 0 Å². The van der Waals surface area contributed by atoms with Crippen molar-refractivity contribution in [2.45, 2.75) is 45.4 Å². The van der Waals surface area contributed by atoms with Gasteiger partial charge in [-0.15, -0.1) is 11.8 Å². The molecule has 1 aromatic rings. The third-order valence-corrected chi connectivity index (χ3v) is 5.22. The van der Waals surface area contributed by atoms with Gasteiger partial charge in [0.2, 0.25) is 0 Å². The molecule has 1 aliphatic carbocycles. The number of hydrogen-bond donors (Lipinski definition) is 0. The van der Waals surface area contributed by atoms with Gasteiger partial charge in [0.05, 0.1) is 20.1 Å². The molecule has 0 spiro atoms. The van der Waals surface area contributed by atoms with E-state index in [-0.39, 0.29) is 23.7 Å². The van der Waals surface area contributed by atoms with E-state index in [1.807, 2.05) is 25.1 Å². The molecule has 1 unspecified atom stereocenters. The SMILES string of the molecule is C=C(C)C(CCC#CC)[C@H]1CCc2cc(OC)ccc2[C@@H]1C(=O)OC. The molecule has 0 amide bonds. The van der Waals surface area contributed by atoms with Crippen molar-refractivity contribution in [1.82, 2.24) is 0 Å². The number of fused-ring (bicyclic) bond motifs is 1. The predicted molar refractivity (Wildman–Crippen MR) is 101 cm³/mol. The number of benzene rings is 1. The van der Waals surface area contributed by atoms with Crippen LogP contribution in [-0.2, 0) is 16.0 Å². The Morgan fingerprint density at radius 3 is 2.76 bits per heavy atom. The summed E-state index contributed by atoms with van der Waals surface area (Å²) in [4.78, 5) is 12.6. The lowest BCUT2D eigenvalue weighted by Crippen LogP contribution is -2.33. The largest absolute Gasteiger partial charge is 0.497 e. The Hall–Kier alpha value is -2.21. The number of ether oxygens (including phenoxy) is 2. The second kappa shape index (κ2) is 8.76. The quantitative estimate of drug-likeness (QED) is 0.434. The van der Waals surface area contributed by atoms with Gasteiger partial charge in [0.1, 0.15) is 5.75 Å². The lowest BCUT2D eigenvalue weighted by atomic mass is 9.67. The number of esters is 1. The van der Waals surface area contributed by atoms with Crippen molar-refractivity contribution in [1.29, 1.82) is 0 Å². The molecule has 3 nitrogen and oxygen atoms in total. The molecule has 0 heterocycles. The summed E-state index contributed by atoms with van der Waals surface area (Å²) in [5.41, 5.74) is 3.37. The number of allylic oxidation sites excluding steroid dienone is 1. The van der Waals surface area contributed by atoms with Crippen LogP contribution in [0.15, 0.2) is 30.4 Å². The van der Waals surface area contributed by atoms with Crippen molar-refractivity contribution in [2.24, 2.45) is 11.8 Å². The standard InChI is InChI=1S/C22H28O3/c1-6-7-8-9-18(15(2)3)20-12-10-16-14-17(24-4)11-13-19(16)21(20)22(23)25-5/h11,13-14,18,20-21H,2,8-10,12H2,1,3-5H3/t18?,20-,21+/m1/s1. The molecule has 0 saturated carbocycles. The first kappa shape index (κ1) is 19.1. The minimum Gasteiger partial charge on any atom is -0.497 e. The molecular formula is C22H28O3. The Kier molecular flexibility index (Phi) is 6.70. The third kappa shape index (κ3) is 4.25. The van der Waals surface area contributed by atoms with Gasteiger partial charge in [-0.25, -0.2) is 0 Å². The number of carbonyl (C=O) groups excluding carboxylic acids is 1. The number of hydrogen-bond acceptors (Lipinski definition) is 3. The summed E-state index contributed by atoms with van der Waals surface area (Å²) >= 11 is 0. The van der Waals surface area contributed by atoms with Crippen molar-refractivity contribution < 1.29 is 14.3 Å². The van der Waals surface area contributed by atoms with Gasteiger partial charge in [-0.1, -0.05) is 18.2 Å². The van der Waals surface area contributed by atoms with Crippen LogP contribution >= 0.6 is 0 Å². The molecule has 1 aromatic carbocycles. The normalized spacial score (nSPS) is 19.8. The van der Waals surface area contributed by atoms with Crippen LogP contribution in [0.4, 0.5) is 0 Å². The van der Waals surface area contributed by atoms with E-state index in [0.717, 1.165) is 42.6 Å². The van der Waals surface area contributed by atoms with Crippen LogP contribution in [-0.4, -0.2) is 20.2 Å². The summed E-state index contributed by atoms with van der Waals surface area (Å²) in [5, 5.41) is 0. The first-order chi connectivity index (χ1) is 12.0. The maximum absolute atomic E-state index is 12.6. The summed E-state index contributed by atoms with van der Waals surface area (Å²) in [6, 6.07) is 5.98. The summed E-state index contributed by atoms with van der Waals surface area (Å²) in [5.74, 6) is 6.97. The average molecular weight is 340 g/mol. The molecule has 0 aromatic heterocycles. The van der Waals surface area contributed by atoms with E-state index < -0.39 is 0 Å². The highest BCUT2D eigenvalue weighted by Crippen LogP contribution is 2.45. The fourth-order valence-corrected chi connectivity index (χ4v) is 3.99. The van der Waals surface area contributed by atoms with E-state index in [4.69, 9.17) is 9.47 Å². The molecule has 1 aliphatic rings. The van der Waals surface area contributed by atoms with Gasteiger partial charge in [0.15, 0.2) is 0 Å². The maximum atomic E-state index is 12.6. The highest BCUT2D eigenvalue weighted by atomic mass is 16.5. The van der Waals surface area contributed by atoms with Crippen molar-refractivity contribution >= 4 is 5.97 Å². The van der Waals surface area contributed by atoms with Gasteiger partial charge in [-0.3, -0.25) is 4.79 Å². The van der Waals surface area contributed by atoms with Crippen LogP contribution in [0.25, 0.3) is 0 Å². The molecular weight excluding hydrogens is 312 g/mol. The van der Waals surface area contributed by atoms with Crippen LogP contribution in [0.1, 0.15) is 50.2 Å². The second-order valence-electron chi connectivity index (χ2n) is 6.69. The van der Waals surface area contributed by atoms with Crippen LogP contribution < -0.4 is 4.74 Å². The molecule has 3 atom stereocenters. The van der Waals surface area contributed by atoms with Gasteiger partial charge in [0, 0.05) is 6.42 Å². The fourth-order valence-electron chi connectivity index (χ4n) is 3.99. The number of methoxy groups -OCH3 is 2. The van der Waals surface area contributed by atoms with Crippen molar-refractivity contribution in [2.75, 3.05) is 14.2 Å². The Balaban J connectivity index is 2.40. The van der Waals surface area contributed by atoms with Crippen LogP contribution in [0.2, 0.25) is 0 Å². The summed E-state index contributed by atoms with van der Waals surface area (Å²) < 4.78 is 10.5. The Morgan fingerprint density at radius 1 is 1.40 bits per heavy atom. The van der Waals surface area contributed by atoms with E-state index >= 15 is 0 Å². The molecule has 0 fully saturated rings. The van der Waals surface area contributed by atoms with E-state index in [1.54, 1.807) is 7.11 Å². The molecule has 25 heavy (non-hydrogen) atoms. The monoisotopic (exact) mass is 340 g/mol. The molecule has 134 valence electrons. The fraction of sp³-hybridized carbons (Fsp3) is 0.500. The maximum Gasteiger partial charge on any atom is 0.313 e. The Labute approximate surface area is 151 Å². The minimum atomic E-state index is -0.254. The number of carbonyl (C=O) groups is 1. The van der Waals surface area contributed by atoms with Crippen molar-refractivity contribution in [3.8, 4) is 17.6 Å². The molecule has 2 rings (SSSR count). The molecule has 0 N–H and O–H groups in total. The lowest BCUT2D eigenvalue weighted by Gasteiger charge is -2.37. The zero-order valence-corrected chi connectivity index (χ0v) is 15.7. The smallest absolute Gasteiger partial charge is 0.313 e. The van der Waals surface area contributed by atoms with E-state index in [2.05, 4.69) is 25.3 Å². The summed E-state index contributed by atoms with van der Waals surface area (Å²) in [7, 11) is 3.13. The summed E-state index contributed by atoms with van der Waals surface area (Å²) in [6.45, 7) is 8.11. The number of rotatable bonds is 6. The highest BCUT2D eigenvalue weighted by molar-refractivity contribution is 5.79. The number of aryl methyl sites for hydroxylation is 1. The molecule has 0 aliphatic heterocycles. The first-order valence-electron chi connectivity index (χ1n) is 8.83. The Bertz CT molecular complexity index is 693. The highest BCUT2D eigenvalue weighted by Gasteiger charge is 2.40. The van der Waals surface area contributed by atoms with Gasteiger partial charge < -0.3 is 9.47 Å². The van der Waals surface area contributed by atoms with Crippen LogP contribution in [0, 0.1) is 23.7 Å². The zero-order valence-electron chi connectivity index (χ0n) is 15.7. The molecule has 0 saturated heterocycles. The molecule has 0 bridgehead atoms. The molecule has 0 radical (unpaired) electrons. The van der Waals surface area contributed by atoms with Gasteiger partial charge in [-0.05, 0) is 68.2 Å².